The highest BCUT2D eigenvalue weighted by Crippen LogP contribution is 2.50. The third-order valence-electron chi connectivity index (χ3n) is 3.72. The summed E-state index contributed by atoms with van der Waals surface area (Å²) in [4.78, 5) is 4.34. The highest BCUT2D eigenvalue weighted by molar-refractivity contribution is 6.57. The molecule has 2 aromatic carbocycles. The monoisotopic (exact) mass is 589 g/mol. The third-order valence-corrected chi connectivity index (χ3v) is 8.28. The second kappa shape index (κ2) is 9.11. The van der Waals surface area contributed by atoms with Crippen LogP contribution in [0.1, 0.15) is 0 Å². The lowest BCUT2D eigenvalue weighted by Crippen LogP contribution is -1.96. The molecule has 29 heavy (non-hydrogen) atoms. The summed E-state index contributed by atoms with van der Waals surface area (Å²) in [6.45, 7) is 0. The topological polar surface area (TPSA) is 12.9 Å². The van der Waals surface area contributed by atoms with Crippen molar-refractivity contribution in [1.29, 1.82) is 0 Å². The van der Waals surface area contributed by atoms with E-state index in [-0.39, 0.29) is 72.7 Å². The van der Waals surface area contributed by atoms with Gasteiger partial charge in [-0.05, 0) is 0 Å². The van der Waals surface area contributed by atoms with Crippen LogP contribution in [0.4, 0.5) is 4.39 Å². The minimum absolute atomic E-state index is 0.00945. The van der Waals surface area contributed by atoms with Gasteiger partial charge in [-0.1, -0.05) is 116 Å². The molecule has 0 aliphatic carbocycles. The highest BCUT2D eigenvalue weighted by atomic mass is 35.5. The first-order chi connectivity index (χ1) is 13.5. The van der Waals surface area contributed by atoms with Crippen molar-refractivity contribution in [3.05, 3.63) is 68.2 Å². The van der Waals surface area contributed by atoms with Crippen LogP contribution in [-0.4, -0.2) is 4.98 Å². The predicted octanol–water partition coefficient (Wildman–Crippen LogP) is 11.1. The summed E-state index contributed by atoms with van der Waals surface area (Å²) in [5, 5.41) is -0.661. The molecule has 0 atom stereocenters. The molecular weight excluding hydrogens is 592 g/mol. The molecule has 0 saturated carbocycles. The van der Waals surface area contributed by atoms with E-state index in [1.165, 1.54) is 0 Å². The summed E-state index contributed by atoms with van der Waals surface area (Å²) in [7, 11) is 0. The molecule has 0 amide bonds. The summed E-state index contributed by atoms with van der Waals surface area (Å²) in [6.07, 6.45) is 0. The normalized spacial score (nSPS) is 11.3. The molecule has 12 heteroatoms. The second-order valence-corrected chi connectivity index (χ2v) is 9.23. The molecule has 3 aromatic rings. The SMILES string of the molecule is Fc1cc(-c2c(Cl)c(Cl)c(Cl)c(Cl)c2Cl)nc(-c2c(Cl)c(Cl)c(Cl)c(Cl)c2Cl)c1. The minimum atomic E-state index is -0.714. The maximum atomic E-state index is 14.5. The van der Waals surface area contributed by atoms with Gasteiger partial charge in [-0.25, -0.2) is 9.37 Å². The fourth-order valence-electron chi connectivity index (χ4n) is 2.41. The molecule has 1 aromatic heterocycles. The first-order valence-electron chi connectivity index (χ1n) is 7.18. The largest absolute Gasteiger partial charge is 0.247 e. The van der Waals surface area contributed by atoms with Gasteiger partial charge in [-0.15, -0.1) is 0 Å². The van der Waals surface area contributed by atoms with E-state index in [4.69, 9.17) is 116 Å². The van der Waals surface area contributed by atoms with Gasteiger partial charge in [-0.2, -0.15) is 0 Å². The van der Waals surface area contributed by atoms with Gasteiger partial charge in [0.2, 0.25) is 0 Å². The van der Waals surface area contributed by atoms with Crippen molar-refractivity contribution < 1.29 is 4.39 Å². The second-order valence-electron chi connectivity index (χ2n) is 5.45. The number of rotatable bonds is 2. The van der Waals surface area contributed by atoms with E-state index in [9.17, 15) is 4.39 Å². The van der Waals surface area contributed by atoms with Crippen LogP contribution < -0.4 is 0 Å². The lowest BCUT2D eigenvalue weighted by Gasteiger charge is -2.15. The fraction of sp³-hybridized carbons (Fsp3) is 0. The summed E-state index contributed by atoms with van der Waals surface area (Å²) < 4.78 is 14.5. The van der Waals surface area contributed by atoms with E-state index in [1.807, 2.05) is 0 Å². The average Bonchev–Trinajstić information content (AvgIpc) is 2.67. The Hall–Kier alpha value is 0.420. The first-order valence-corrected chi connectivity index (χ1v) is 11.0. The van der Waals surface area contributed by atoms with Gasteiger partial charge in [-0.3, -0.25) is 0 Å². The summed E-state index contributed by atoms with van der Waals surface area (Å²) >= 11 is 61.4. The number of pyridine rings is 1. The van der Waals surface area contributed by atoms with Crippen LogP contribution in [0.5, 0.6) is 0 Å². The van der Waals surface area contributed by atoms with E-state index in [0.29, 0.717) is 0 Å². The first kappa shape index (κ1) is 24.1. The van der Waals surface area contributed by atoms with Crippen LogP contribution in [0.25, 0.3) is 22.5 Å². The van der Waals surface area contributed by atoms with Crippen molar-refractivity contribution in [2.75, 3.05) is 0 Å². The predicted molar refractivity (Wildman–Crippen MR) is 125 cm³/mol. The van der Waals surface area contributed by atoms with Crippen molar-refractivity contribution in [2.45, 2.75) is 0 Å². The van der Waals surface area contributed by atoms with Crippen LogP contribution in [0.15, 0.2) is 12.1 Å². The molecule has 0 spiro atoms. The highest BCUT2D eigenvalue weighted by Gasteiger charge is 2.25. The Morgan fingerprint density at radius 1 is 0.448 bits per heavy atom. The Bertz CT molecular complexity index is 1030. The van der Waals surface area contributed by atoms with Crippen LogP contribution in [-0.2, 0) is 0 Å². The van der Waals surface area contributed by atoms with Crippen LogP contribution in [0.2, 0.25) is 50.2 Å². The zero-order valence-corrected chi connectivity index (χ0v) is 20.8. The van der Waals surface area contributed by atoms with Gasteiger partial charge >= 0.3 is 0 Å². The molecule has 3 rings (SSSR count). The van der Waals surface area contributed by atoms with Gasteiger partial charge in [0.15, 0.2) is 0 Å². The molecule has 0 saturated heterocycles. The number of hydrogen-bond acceptors (Lipinski definition) is 1. The molecular formula is C17H2Cl10FN. The molecule has 0 aliphatic rings. The van der Waals surface area contributed by atoms with Crippen molar-refractivity contribution >= 4 is 116 Å². The number of aromatic nitrogens is 1. The van der Waals surface area contributed by atoms with Gasteiger partial charge in [0.05, 0.1) is 61.6 Å². The number of hydrogen-bond donors (Lipinski definition) is 0. The molecule has 0 radical (unpaired) electrons. The van der Waals surface area contributed by atoms with Crippen molar-refractivity contribution in [2.24, 2.45) is 0 Å². The molecule has 152 valence electrons. The number of benzene rings is 2. The molecule has 0 unspecified atom stereocenters. The molecule has 1 nitrogen and oxygen atoms in total. The lowest BCUT2D eigenvalue weighted by atomic mass is 10.1. The quantitative estimate of drug-likeness (QED) is 0.213. The molecule has 0 N–H and O–H groups in total. The Morgan fingerprint density at radius 3 is 0.966 bits per heavy atom. The maximum Gasteiger partial charge on any atom is 0.127 e. The van der Waals surface area contributed by atoms with E-state index >= 15 is 0 Å². The Morgan fingerprint density at radius 2 is 0.690 bits per heavy atom. The van der Waals surface area contributed by atoms with Crippen molar-refractivity contribution in [3.63, 3.8) is 0 Å². The van der Waals surface area contributed by atoms with E-state index in [2.05, 4.69) is 4.98 Å². The third kappa shape index (κ3) is 4.24. The summed E-state index contributed by atoms with van der Waals surface area (Å²) in [6, 6.07) is 2.14. The van der Waals surface area contributed by atoms with Crippen LogP contribution in [0.3, 0.4) is 0 Å². The molecule has 1 heterocycles. The zero-order valence-electron chi connectivity index (χ0n) is 13.3. The smallest absolute Gasteiger partial charge is 0.127 e. The van der Waals surface area contributed by atoms with Gasteiger partial charge in [0.25, 0.3) is 0 Å². The lowest BCUT2D eigenvalue weighted by molar-refractivity contribution is 0.627. The van der Waals surface area contributed by atoms with Crippen LogP contribution in [0, 0.1) is 5.82 Å². The number of halogens is 11. The summed E-state index contributed by atoms with van der Waals surface area (Å²) in [5.41, 5.74) is 0.105. The Kier molecular flexibility index (Phi) is 7.56. The molecule has 0 bridgehead atoms. The van der Waals surface area contributed by atoms with Crippen molar-refractivity contribution in [3.8, 4) is 22.5 Å². The molecule has 0 aliphatic heterocycles. The van der Waals surface area contributed by atoms with Crippen LogP contribution >= 0.6 is 116 Å². The average molecular weight is 594 g/mol. The fourth-order valence-corrected chi connectivity index (χ4v) is 5.08. The zero-order chi connectivity index (χ0) is 21.8. The maximum absolute atomic E-state index is 14.5. The Balaban J connectivity index is 2.37. The van der Waals surface area contributed by atoms with Gasteiger partial charge in [0.1, 0.15) is 5.82 Å². The van der Waals surface area contributed by atoms with E-state index in [1.54, 1.807) is 0 Å². The van der Waals surface area contributed by atoms with Gasteiger partial charge in [0, 0.05) is 23.3 Å². The number of nitrogens with zero attached hydrogens (tertiary/aromatic N) is 1. The van der Waals surface area contributed by atoms with Crippen molar-refractivity contribution in [1.82, 2.24) is 4.98 Å². The molecule has 0 fully saturated rings. The Labute approximate surface area is 214 Å². The summed E-state index contributed by atoms with van der Waals surface area (Å²) in [5.74, 6) is -0.714. The minimum Gasteiger partial charge on any atom is -0.247 e. The van der Waals surface area contributed by atoms with E-state index < -0.39 is 5.82 Å². The van der Waals surface area contributed by atoms with Gasteiger partial charge < -0.3 is 0 Å². The van der Waals surface area contributed by atoms with E-state index in [0.717, 1.165) is 12.1 Å². The standard InChI is InChI=1S/C17H2Cl10FN/c18-8-6(9(19)13(23)16(26)12(8)22)4-1-3(28)2-5(29-4)7-10(20)14(24)17(27)15(25)11(7)21/h1-2H.